The number of nitrogens with zero attached hydrogens (tertiary/aromatic N) is 1. The summed E-state index contributed by atoms with van der Waals surface area (Å²) in [7, 11) is 3.16. The number of aliphatic hydroxyl groups is 1. The molecule has 4 nitrogen and oxygen atoms in total. The van der Waals surface area contributed by atoms with Crippen LogP contribution >= 0.6 is 11.6 Å². The maximum absolute atomic E-state index is 11.5. The monoisotopic (exact) mass is 243 g/mol. The minimum atomic E-state index is -0.186. The highest BCUT2D eigenvalue weighted by Gasteiger charge is 2.13. The molecule has 5 heteroatoms. The second-order valence-electron chi connectivity index (χ2n) is 3.24. The van der Waals surface area contributed by atoms with E-state index in [1.54, 1.807) is 32.4 Å². The predicted octanol–water partition coefficient (Wildman–Crippen LogP) is 1.69. The van der Waals surface area contributed by atoms with Crippen molar-refractivity contribution >= 4 is 23.2 Å². The Hall–Kier alpha value is -1.26. The fourth-order valence-corrected chi connectivity index (χ4v) is 1.58. The molecule has 0 atom stereocenters. The van der Waals surface area contributed by atoms with Crippen LogP contribution in [0.3, 0.4) is 0 Å². The summed E-state index contributed by atoms with van der Waals surface area (Å²) in [5.41, 5.74) is 0.598. The summed E-state index contributed by atoms with van der Waals surface area (Å²) >= 11 is 6.01. The second-order valence-corrected chi connectivity index (χ2v) is 3.65. The molecule has 88 valence electrons. The van der Waals surface area contributed by atoms with Gasteiger partial charge in [0.15, 0.2) is 0 Å². The van der Waals surface area contributed by atoms with Crippen LogP contribution in [0.5, 0.6) is 5.75 Å². The molecule has 0 aliphatic rings. The number of rotatable bonds is 4. The lowest BCUT2D eigenvalue weighted by Gasteiger charge is -2.18. The van der Waals surface area contributed by atoms with Gasteiger partial charge in [-0.1, -0.05) is 11.6 Å². The van der Waals surface area contributed by atoms with E-state index >= 15 is 0 Å². The number of methoxy groups -OCH3 is 1. The third-order valence-electron chi connectivity index (χ3n) is 2.22. The third-order valence-corrected chi connectivity index (χ3v) is 2.52. The number of hydrogen-bond acceptors (Lipinski definition) is 3. The summed E-state index contributed by atoms with van der Waals surface area (Å²) < 4.78 is 5.01. The highest BCUT2D eigenvalue weighted by atomic mass is 35.5. The van der Waals surface area contributed by atoms with E-state index in [1.165, 1.54) is 4.90 Å². The number of hydrogen-bond donors (Lipinski definition) is 1. The topological polar surface area (TPSA) is 49.8 Å². The average molecular weight is 244 g/mol. The maximum atomic E-state index is 11.5. The van der Waals surface area contributed by atoms with Crippen LogP contribution in [-0.2, 0) is 4.79 Å². The number of aliphatic hydroxyl groups excluding tert-OH is 1. The van der Waals surface area contributed by atoms with Crippen LogP contribution in [0.15, 0.2) is 18.2 Å². The summed E-state index contributed by atoms with van der Waals surface area (Å²) in [6.07, 6.45) is 0.0822. The number of benzene rings is 1. The molecule has 0 aromatic heterocycles. The molecule has 1 aromatic rings. The molecule has 0 fully saturated rings. The van der Waals surface area contributed by atoms with Gasteiger partial charge in [-0.2, -0.15) is 0 Å². The van der Waals surface area contributed by atoms with E-state index in [0.717, 1.165) is 0 Å². The second kappa shape index (κ2) is 5.72. The Morgan fingerprint density at radius 1 is 1.56 bits per heavy atom. The zero-order valence-corrected chi connectivity index (χ0v) is 9.99. The van der Waals surface area contributed by atoms with Crippen LogP contribution in [0.1, 0.15) is 6.42 Å². The summed E-state index contributed by atoms with van der Waals surface area (Å²) in [5, 5.41) is 9.12. The van der Waals surface area contributed by atoms with E-state index < -0.39 is 0 Å². The number of ether oxygens (including phenoxy) is 1. The summed E-state index contributed by atoms with van der Waals surface area (Å²) in [4.78, 5) is 12.9. The number of amides is 1. The summed E-state index contributed by atoms with van der Waals surface area (Å²) in [5.74, 6) is 0.450. The average Bonchev–Trinajstić information content (AvgIpc) is 2.28. The quantitative estimate of drug-likeness (QED) is 0.876. The number of anilines is 1. The van der Waals surface area contributed by atoms with Crippen molar-refractivity contribution in [2.24, 2.45) is 0 Å². The van der Waals surface area contributed by atoms with Gasteiger partial charge < -0.3 is 14.7 Å². The SMILES string of the molecule is COc1ccc(N(C)C(=O)CCO)c(Cl)c1. The van der Waals surface area contributed by atoms with Gasteiger partial charge >= 0.3 is 0 Å². The molecule has 0 spiro atoms. The Kier molecular flexibility index (Phi) is 4.58. The highest BCUT2D eigenvalue weighted by Crippen LogP contribution is 2.29. The highest BCUT2D eigenvalue weighted by molar-refractivity contribution is 6.34. The van der Waals surface area contributed by atoms with Crippen LogP contribution in [-0.4, -0.2) is 31.8 Å². The lowest BCUT2D eigenvalue weighted by atomic mass is 10.2. The van der Waals surface area contributed by atoms with Crippen molar-refractivity contribution in [3.05, 3.63) is 23.2 Å². The number of carbonyl (C=O) groups is 1. The lowest BCUT2D eigenvalue weighted by Crippen LogP contribution is -2.26. The number of halogens is 1. The van der Waals surface area contributed by atoms with E-state index in [2.05, 4.69) is 0 Å². The standard InChI is InChI=1S/C11H14ClNO3/c1-13(11(15)5-6-14)10-4-3-8(16-2)7-9(10)12/h3-4,7,14H,5-6H2,1-2H3. The van der Waals surface area contributed by atoms with Crippen molar-refractivity contribution in [1.82, 2.24) is 0 Å². The molecule has 1 N–H and O–H groups in total. The van der Waals surface area contributed by atoms with E-state index in [4.69, 9.17) is 21.4 Å². The molecule has 0 aliphatic heterocycles. The van der Waals surface area contributed by atoms with E-state index in [-0.39, 0.29) is 18.9 Å². The molecule has 0 heterocycles. The van der Waals surface area contributed by atoms with Gasteiger partial charge in [0, 0.05) is 13.1 Å². The van der Waals surface area contributed by atoms with Crippen LogP contribution in [0.2, 0.25) is 5.02 Å². The Morgan fingerprint density at radius 3 is 2.75 bits per heavy atom. The summed E-state index contributed by atoms with van der Waals surface area (Å²) in [6, 6.07) is 5.07. The zero-order chi connectivity index (χ0) is 12.1. The molecule has 1 aromatic carbocycles. The molecular formula is C11H14ClNO3. The summed E-state index contributed by atoms with van der Waals surface area (Å²) in [6.45, 7) is -0.170. The van der Waals surface area contributed by atoms with Gasteiger partial charge in [-0.05, 0) is 12.1 Å². The van der Waals surface area contributed by atoms with E-state index in [0.29, 0.717) is 16.5 Å². The van der Waals surface area contributed by atoms with Crippen LogP contribution in [0.25, 0.3) is 0 Å². The number of carbonyl (C=O) groups excluding carboxylic acids is 1. The Balaban J connectivity index is 2.91. The first-order valence-electron chi connectivity index (χ1n) is 4.81. The van der Waals surface area contributed by atoms with Gasteiger partial charge in [0.2, 0.25) is 5.91 Å². The molecule has 0 saturated carbocycles. The van der Waals surface area contributed by atoms with Gasteiger partial charge in [0.25, 0.3) is 0 Å². The first kappa shape index (κ1) is 12.8. The van der Waals surface area contributed by atoms with Crippen molar-refractivity contribution < 1.29 is 14.6 Å². The lowest BCUT2D eigenvalue weighted by molar-refractivity contribution is -0.118. The van der Waals surface area contributed by atoms with Gasteiger partial charge in [-0.25, -0.2) is 0 Å². The maximum Gasteiger partial charge on any atom is 0.229 e. The minimum Gasteiger partial charge on any atom is -0.497 e. The first-order valence-corrected chi connectivity index (χ1v) is 5.19. The minimum absolute atomic E-state index is 0.0822. The van der Waals surface area contributed by atoms with Gasteiger partial charge in [0.05, 0.1) is 30.8 Å². The molecule has 0 saturated heterocycles. The van der Waals surface area contributed by atoms with Crippen LogP contribution in [0, 0.1) is 0 Å². The fourth-order valence-electron chi connectivity index (χ4n) is 1.28. The van der Waals surface area contributed by atoms with Gasteiger partial charge in [-0.15, -0.1) is 0 Å². The smallest absolute Gasteiger partial charge is 0.229 e. The fraction of sp³-hybridized carbons (Fsp3) is 0.364. The molecular weight excluding hydrogens is 230 g/mol. The normalized spacial score (nSPS) is 10.0. The van der Waals surface area contributed by atoms with Crippen LogP contribution < -0.4 is 9.64 Å². The molecule has 0 bridgehead atoms. The molecule has 1 amide bonds. The predicted molar refractivity (Wildman–Crippen MR) is 63.1 cm³/mol. The van der Waals surface area contributed by atoms with Crippen molar-refractivity contribution in [3.8, 4) is 5.75 Å². The van der Waals surface area contributed by atoms with Crippen molar-refractivity contribution in [2.75, 3.05) is 25.7 Å². The molecule has 0 radical (unpaired) electrons. The van der Waals surface area contributed by atoms with Crippen molar-refractivity contribution in [1.29, 1.82) is 0 Å². The van der Waals surface area contributed by atoms with E-state index in [9.17, 15) is 4.79 Å². The first-order chi connectivity index (χ1) is 7.60. The Morgan fingerprint density at radius 2 is 2.25 bits per heavy atom. The van der Waals surface area contributed by atoms with Crippen LogP contribution in [0.4, 0.5) is 5.69 Å². The molecule has 0 aliphatic carbocycles. The third kappa shape index (κ3) is 2.87. The largest absolute Gasteiger partial charge is 0.497 e. The van der Waals surface area contributed by atoms with Crippen molar-refractivity contribution in [2.45, 2.75) is 6.42 Å². The molecule has 1 rings (SSSR count). The Labute approximate surface area is 99.4 Å². The van der Waals surface area contributed by atoms with Crippen molar-refractivity contribution in [3.63, 3.8) is 0 Å². The zero-order valence-electron chi connectivity index (χ0n) is 9.24. The molecule has 16 heavy (non-hydrogen) atoms. The van der Waals surface area contributed by atoms with Gasteiger partial charge in [0.1, 0.15) is 5.75 Å². The van der Waals surface area contributed by atoms with Gasteiger partial charge in [-0.3, -0.25) is 4.79 Å². The van der Waals surface area contributed by atoms with E-state index in [1.807, 2.05) is 0 Å². The molecule has 0 unspecified atom stereocenters. The Bertz CT molecular complexity index is 381.